The Bertz CT molecular complexity index is 434. The number of nitrogens with one attached hydrogen (secondary N) is 1. The van der Waals surface area contributed by atoms with Crippen molar-refractivity contribution in [2.45, 2.75) is 59.0 Å². The van der Waals surface area contributed by atoms with Gasteiger partial charge in [-0.15, -0.1) is 12.4 Å². The largest absolute Gasteiger partial charge is 0.352 e. The molecule has 0 saturated heterocycles. The molecule has 20 heavy (non-hydrogen) atoms. The SMILES string of the molecule is CCCC(N)C(=O)NC(C)Cc1ccc(C)cc1C.Cl. The maximum absolute atomic E-state index is 11.8. The number of aryl methyl sites for hydroxylation is 2. The van der Waals surface area contributed by atoms with Crippen LogP contribution in [0.2, 0.25) is 0 Å². The van der Waals surface area contributed by atoms with Crippen LogP contribution in [0.1, 0.15) is 43.4 Å². The van der Waals surface area contributed by atoms with Crippen LogP contribution in [0, 0.1) is 13.8 Å². The van der Waals surface area contributed by atoms with Crippen LogP contribution in [0.5, 0.6) is 0 Å². The second-order valence-electron chi connectivity index (χ2n) is 5.44. The molecule has 0 saturated carbocycles. The molecule has 1 amide bonds. The number of nitrogens with two attached hydrogens (primary N) is 1. The molecule has 0 fully saturated rings. The third-order valence-electron chi connectivity index (χ3n) is 3.35. The van der Waals surface area contributed by atoms with Gasteiger partial charge in [0, 0.05) is 6.04 Å². The zero-order chi connectivity index (χ0) is 14.4. The van der Waals surface area contributed by atoms with E-state index in [1.807, 2.05) is 13.8 Å². The third kappa shape index (κ3) is 5.93. The summed E-state index contributed by atoms with van der Waals surface area (Å²) in [5.41, 5.74) is 9.63. The zero-order valence-corrected chi connectivity index (χ0v) is 13.7. The fraction of sp³-hybridized carbons (Fsp3) is 0.562. The summed E-state index contributed by atoms with van der Waals surface area (Å²) in [6, 6.07) is 6.15. The van der Waals surface area contributed by atoms with Crippen molar-refractivity contribution in [1.82, 2.24) is 5.32 Å². The van der Waals surface area contributed by atoms with Crippen LogP contribution in [-0.4, -0.2) is 18.0 Å². The van der Waals surface area contributed by atoms with E-state index in [0.717, 1.165) is 19.3 Å². The summed E-state index contributed by atoms with van der Waals surface area (Å²) in [7, 11) is 0. The van der Waals surface area contributed by atoms with E-state index in [9.17, 15) is 4.79 Å². The van der Waals surface area contributed by atoms with Gasteiger partial charge in [0.05, 0.1) is 6.04 Å². The van der Waals surface area contributed by atoms with Gasteiger partial charge in [0.15, 0.2) is 0 Å². The number of hydrogen-bond donors (Lipinski definition) is 2. The summed E-state index contributed by atoms with van der Waals surface area (Å²) in [4.78, 5) is 11.8. The monoisotopic (exact) mass is 298 g/mol. The fourth-order valence-corrected chi connectivity index (χ4v) is 2.25. The Hall–Kier alpha value is -1.06. The standard InChI is InChI=1S/C16H26N2O.ClH/c1-5-6-15(17)16(19)18-13(4)10-14-8-7-11(2)9-12(14)3;/h7-9,13,15H,5-6,10,17H2,1-4H3,(H,18,19);1H. The van der Waals surface area contributed by atoms with Crippen molar-refractivity contribution in [1.29, 1.82) is 0 Å². The zero-order valence-electron chi connectivity index (χ0n) is 12.9. The van der Waals surface area contributed by atoms with Gasteiger partial charge in [0.1, 0.15) is 0 Å². The van der Waals surface area contributed by atoms with E-state index < -0.39 is 0 Å². The molecule has 0 aromatic heterocycles. The summed E-state index contributed by atoms with van der Waals surface area (Å²) in [5.74, 6) is -0.0425. The maximum atomic E-state index is 11.8. The number of carbonyl (C=O) groups is 1. The average Bonchev–Trinajstić information content (AvgIpc) is 2.33. The Morgan fingerprint density at radius 1 is 1.35 bits per heavy atom. The molecule has 0 bridgehead atoms. The highest BCUT2D eigenvalue weighted by atomic mass is 35.5. The van der Waals surface area contributed by atoms with E-state index >= 15 is 0 Å². The minimum atomic E-state index is -0.383. The fourth-order valence-electron chi connectivity index (χ4n) is 2.25. The molecule has 0 aliphatic carbocycles. The topological polar surface area (TPSA) is 55.1 Å². The van der Waals surface area contributed by atoms with E-state index in [2.05, 4.69) is 37.4 Å². The minimum absolute atomic E-state index is 0. The summed E-state index contributed by atoms with van der Waals surface area (Å²) in [6.07, 6.45) is 2.51. The number of benzene rings is 1. The van der Waals surface area contributed by atoms with Crippen LogP contribution in [0.25, 0.3) is 0 Å². The maximum Gasteiger partial charge on any atom is 0.237 e. The lowest BCUT2D eigenvalue weighted by atomic mass is 9.99. The van der Waals surface area contributed by atoms with Crippen LogP contribution in [0.4, 0.5) is 0 Å². The second-order valence-corrected chi connectivity index (χ2v) is 5.44. The number of amides is 1. The Kier molecular flexibility index (Phi) is 8.51. The van der Waals surface area contributed by atoms with E-state index in [1.54, 1.807) is 0 Å². The van der Waals surface area contributed by atoms with Crippen molar-refractivity contribution in [3.05, 3.63) is 34.9 Å². The van der Waals surface area contributed by atoms with Gasteiger partial charge in [-0.05, 0) is 44.7 Å². The van der Waals surface area contributed by atoms with E-state index in [-0.39, 0.29) is 30.4 Å². The molecule has 1 aromatic carbocycles. The lowest BCUT2D eigenvalue weighted by Gasteiger charge is -2.18. The number of hydrogen-bond acceptors (Lipinski definition) is 2. The van der Waals surface area contributed by atoms with Crippen LogP contribution >= 0.6 is 12.4 Å². The normalized spacial score (nSPS) is 13.2. The van der Waals surface area contributed by atoms with Crippen LogP contribution < -0.4 is 11.1 Å². The number of carbonyl (C=O) groups excluding carboxylic acids is 1. The van der Waals surface area contributed by atoms with Crippen molar-refractivity contribution in [2.75, 3.05) is 0 Å². The van der Waals surface area contributed by atoms with Gasteiger partial charge in [-0.3, -0.25) is 4.79 Å². The first-order chi connectivity index (χ1) is 8.93. The molecule has 114 valence electrons. The third-order valence-corrected chi connectivity index (χ3v) is 3.35. The summed E-state index contributed by atoms with van der Waals surface area (Å²) in [6.45, 7) is 8.26. The van der Waals surface area contributed by atoms with Gasteiger partial charge in [0.25, 0.3) is 0 Å². The molecule has 2 atom stereocenters. The Morgan fingerprint density at radius 2 is 2.00 bits per heavy atom. The number of rotatable bonds is 6. The molecule has 3 nitrogen and oxygen atoms in total. The predicted molar refractivity (Wildman–Crippen MR) is 87.4 cm³/mol. The van der Waals surface area contributed by atoms with Gasteiger partial charge < -0.3 is 11.1 Å². The molecule has 0 spiro atoms. The summed E-state index contributed by atoms with van der Waals surface area (Å²) >= 11 is 0. The Labute approximate surface area is 128 Å². The quantitative estimate of drug-likeness (QED) is 0.848. The molecule has 0 aliphatic heterocycles. The van der Waals surface area contributed by atoms with Crippen LogP contribution in [0.15, 0.2) is 18.2 Å². The van der Waals surface area contributed by atoms with Crippen molar-refractivity contribution in [3.8, 4) is 0 Å². The molecule has 0 radical (unpaired) electrons. The smallest absolute Gasteiger partial charge is 0.237 e. The van der Waals surface area contributed by atoms with E-state index in [1.165, 1.54) is 16.7 Å². The molecule has 4 heteroatoms. The molecule has 1 aromatic rings. The van der Waals surface area contributed by atoms with Gasteiger partial charge in [-0.1, -0.05) is 37.1 Å². The van der Waals surface area contributed by atoms with Crippen molar-refractivity contribution < 1.29 is 4.79 Å². The molecule has 1 rings (SSSR count). The van der Waals surface area contributed by atoms with E-state index in [4.69, 9.17) is 5.73 Å². The second kappa shape index (κ2) is 8.98. The lowest BCUT2D eigenvalue weighted by Crippen LogP contribution is -2.45. The summed E-state index contributed by atoms with van der Waals surface area (Å²) in [5, 5.41) is 2.99. The Morgan fingerprint density at radius 3 is 2.55 bits per heavy atom. The minimum Gasteiger partial charge on any atom is -0.352 e. The molecule has 2 unspecified atom stereocenters. The highest BCUT2D eigenvalue weighted by molar-refractivity contribution is 5.85. The first kappa shape index (κ1) is 18.9. The van der Waals surface area contributed by atoms with Crippen molar-refractivity contribution in [2.24, 2.45) is 5.73 Å². The van der Waals surface area contributed by atoms with Gasteiger partial charge >= 0.3 is 0 Å². The van der Waals surface area contributed by atoms with Crippen molar-refractivity contribution >= 4 is 18.3 Å². The van der Waals surface area contributed by atoms with Gasteiger partial charge in [-0.25, -0.2) is 0 Å². The first-order valence-corrected chi connectivity index (χ1v) is 7.06. The molecule has 0 aliphatic rings. The van der Waals surface area contributed by atoms with Crippen LogP contribution in [0.3, 0.4) is 0 Å². The highest BCUT2D eigenvalue weighted by Crippen LogP contribution is 2.12. The average molecular weight is 299 g/mol. The van der Waals surface area contributed by atoms with Crippen molar-refractivity contribution in [3.63, 3.8) is 0 Å². The summed E-state index contributed by atoms with van der Waals surface area (Å²) < 4.78 is 0. The highest BCUT2D eigenvalue weighted by Gasteiger charge is 2.15. The lowest BCUT2D eigenvalue weighted by molar-refractivity contribution is -0.123. The van der Waals surface area contributed by atoms with Crippen LogP contribution in [-0.2, 0) is 11.2 Å². The first-order valence-electron chi connectivity index (χ1n) is 7.06. The number of halogens is 1. The molecular formula is C16H27ClN2O. The molecule has 3 N–H and O–H groups in total. The van der Waals surface area contributed by atoms with Gasteiger partial charge in [-0.2, -0.15) is 0 Å². The molecule has 0 heterocycles. The van der Waals surface area contributed by atoms with E-state index in [0.29, 0.717) is 0 Å². The Balaban J connectivity index is 0.00000361. The van der Waals surface area contributed by atoms with Gasteiger partial charge in [0.2, 0.25) is 5.91 Å². The predicted octanol–water partition coefficient (Wildman–Crippen LogP) is 2.90. The molecular weight excluding hydrogens is 272 g/mol.